The lowest BCUT2D eigenvalue weighted by molar-refractivity contribution is -0.130. The van der Waals surface area contributed by atoms with Crippen LogP contribution < -0.4 is 10.6 Å². The van der Waals surface area contributed by atoms with Crippen LogP contribution in [0.15, 0.2) is 41.6 Å². The van der Waals surface area contributed by atoms with Gasteiger partial charge in [-0.05, 0) is 52.7 Å². The summed E-state index contributed by atoms with van der Waals surface area (Å²) in [5, 5.41) is 5.31. The minimum Gasteiger partial charge on any atom is -0.444 e. The summed E-state index contributed by atoms with van der Waals surface area (Å²) in [6.07, 6.45) is 3.03. The number of sulfonamides is 1. The van der Waals surface area contributed by atoms with Gasteiger partial charge in [0.2, 0.25) is 11.8 Å². The zero-order chi connectivity index (χ0) is 25.1. The molecular weight excluding hydrogens is 460 g/mol. The molecule has 186 valence electrons. The molecule has 2 aliphatic rings. The predicted octanol–water partition coefficient (Wildman–Crippen LogP) is 1.86. The van der Waals surface area contributed by atoms with Crippen LogP contribution in [0.1, 0.15) is 45.6 Å². The van der Waals surface area contributed by atoms with Gasteiger partial charge in [-0.2, -0.15) is 0 Å². The summed E-state index contributed by atoms with van der Waals surface area (Å²) in [5.41, 5.74) is 0.274. The molecule has 2 atom stereocenters. The van der Waals surface area contributed by atoms with Crippen molar-refractivity contribution < 1.29 is 27.5 Å². The number of nitrogens with one attached hydrogen (secondary N) is 2. The molecule has 0 aliphatic carbocycles. The highest BCUT2D eigenvalue weighted by atomic mass is 32.2. The molecule has 34 heavy (non-hydrogen) atoms. The molecule has 10 nitrogen and oxygen atoms in total. The third-order valence-corrected chi connectivity index (χ3v) is 7.27. The van der Waals surface area contributed by atoms with Gasteiger partial charge in [-0.3, -0.25) is 13.9 Å². The first-order valence-corrected chi connectivity index (χ1v) is 12.7. The van der Waals surface area contributed by atoms with Crippen molar-refractivity contribution in [1.82, 2.24) is 19.8 Å². The molecule has 1 fully saturated rings. The Morgan fingerprint density at radius 1 is 1.21 bits per heavy atom. The van der Waals surface area contributed by atoms with Crippen molar-refractivity contribution in [2.75, 3.05) is 13.1 Å². The molecular formula is C23H32N4O6S. The van der Waals surface area contributed by atoms with Crippen LogP contribution >= 0.6 is 0 Å². The predicted molar refractivity (Wildman–Crippen MR) is 125 cm³/mol. The monoisotopic (exact) mass is 492 g/mol. The van der Waals surface area contributed by atoms with Gasteiger partial charge in [0.1, 0.15) is 11.6 Å². The first kappa shape index (κ1) is 25.5. The Morgan fingerprint density at radius 2 is 1.88 bits per heavy atom. The molecule has 0 saturated carbocycles. The van der Waals surface area contributed by atoms with Gasteiger partial charge in [-0.1, -0.05) is 17.7 Å². The molecule has 0 bridgehead atoms. The number of ether oxygens (including phenoxy) is 1. The largest absolute Gasteiger partial charge is 0.444 e. The average Bonchev–Trinajstić information content (AvgIpc) is 2.74. The molecule has 1 aromatic rings. The lowest BCUT2D eigenvalue weighted by Crippen LogP contribution is -2.54. The number of benzene rings is 1. The first-order chi connectivity index (χ1) is 15.9. The van der Waals surface area contributed by atoms with Gasteiger partial charge in [-0.15, -0.1) is 0 Å². The highest BCUT2D eigenvalue weighted by molar-refractivity contribution is 7.89. The zero-order valence-corrected chi connectivity index (χ0v) is 20.7. The second kappa shape index (κ2) is 10.0. The third-order valence-electron chi connectivity index (χ3n) is 5.47. The molecule has 0 radical (unpaired) electrons. The molecule has 2 aliphatic heterocycles. The lowest BCUT2D eigenvalue weighted by atomic mass is 10.1. The van der Waals surface area contributed by atoms with Crippen LogP contribution in [0.2, 0.25) is 0 Å². The summed E-state index contributed by atoms with van der Waals surface area (Å²) in [7, 11) is -4.04. The van der Waals surface area contributed by atoms with E-state index in [4.69, 9.17) is 4.74 Å². The Hall–Kier alpha value is -3.08. The van der Waals surface area contributed by atoms with Crippen LogP contribution in [0.4, 0.5) is 4.79 Å². The van der Waals surface area contributed by atoms with E-state index >= 15 is 0 Å². The Labute approximate surface area is 200 Å². The molecule has 1 saturated heterocycles. The van der Waals surface area contributed by atoms with Crippen LogP contribution in [0.5, 0.6) is 0 Å². The van der Waals surface area contributed by atoms with Gasteiger partial charge in [0.15, 0.2) is 0 Å². The SMILES string of the molecule is Cc1ccc(S(=O)(=O)N2C=CNC(=O)[C@H]2CC(=O)N[C@H]2CCCN(C(=O)OC(C)(C)C)C2)cc1. The van der Waals surface area contributed by atoms with Crippen molar-refractivity contribution in [2.45, 2.75) is 69.5 Å². The number of piperidine rings is 1. The summed E-state index contributed by atoms with van der Waals surface area (Å²) in [6.45, 7) is 8.01. The van der Waals surface area contributed by atoms with E-state index in [1.165, 1.54) is 24.5 Å². The summed E-state index contributed by atoms with van der Waals surface area (Å²) >= 11 is 0. The fraction of sp³-hybridized carbons (Fsp3) is 0.522. The maximum absolute atomic E-state index is 13.2. The minimum atomic E-state index is -4.04. The van der Waals surface area contributed by atoms with Crippen molar-refractivity contribution in [3.63, 3.8) is 0 Å². The zero-order valence-electron chi connectivity index (χ0n) is 19.9. The van der Waals surface area contributed by atoms with E-state index in [1.54, 1.807) is 37.8 Å². The fourth-order valence-electron chi connectivity index (χ4n) is 3.82. The number of nitrogens with zero attached hydrogens (tertiary/aromatic N) is 2. The number of carbonyl (C=O) groups is 3. The Morgan fingerprint density at radius 3 is 2.53 bits per heavy atom. The Bertz CT molecular complexity index is 1060. The van der Waals surface area contributed by atoms with Gasteiger partial charge in [0, 0.05) is 31.5 Å². The normalized spacial score (nSPS) is 21.1. The number of hydrogen-bond donors (Lipinski definition) is 2. The van der Waals surface area contributed by atoms with E-state index in [-0.39, 0.29) is 23.9 Å². The summed E-state index contributed by atoms with van der Waals surface area (Å²) in [4.78, 5) is 39.3. The van der Waals surface area contributed by atoms with Gasteiger partial charge < -0.3 is 20.3 Å². The summed E-state index contributed by atoms with van der Waals surface area (Å²) < 4.78 is 32.7. The Kier molecular flexibility index (Phi) is 7.54. The number of rotatable bonds is 5. The van der Waals surface area contributed by atoms with Gasteiger partial charge in [0.05, 0.1) is 11.3 Å². The lowest BCUT2D eigenvalue weighted by Gasteiger charge is -2.35. The molecule has 0 unspecified atom stereocenters. The molecule has 3 amide bonds. The van der Waals surface area contributed by atoms with E-state index in [9.17, 15) is 22.8 Å². The second-order valence-electron chi connectivity index (χ2n) is 9.53. The highest BCUT2D eigenvalue weighted by Crippen LogP contribution is 2.23. The third kappa shape index (κ3) is 6.28. The van der Waals surface area contributed by atoms with Gasteiger partial charge in [0.25, 0.3) is 10.0 Å². The number of carbonyl (C=O) groups excluding carboxylic acids is 3. The number of likely N-dealkylation sites (tertiary alicyclic amines) is 1. The van der Waals surface area contributed by atoms with E-state index in [0.717, 1.165) is 9.87 Å². The van der Waals surface area contributed by atoms with Gasteiger partial charge in [-0.25, -0.2) is 13.2 Å². The summed E-state index contributed by atoms with van der Waals surface area (Å²) in [6, 6.07) is 4.72. The van der Waals surface area contributed by atoms with Crippen molar-refractivity contribution in [2.24, 2.45) is 0 Å². The molecule has 11 heteroatoms. The van der Waals surface area contributed by atoms with Crippen molar-refractivity contribution in [3.8, 4) is 0 Å². The molecule has 0 spiro atoms. The first-order valence-electron chi connectivity index (χ1n) is 11.2. The van der Waals surface area contributed by atoms with Crippen molar-refractivity contribution in [1.29, 1.82) is 0 Å². The Balaban J connectivity index is 1.67. The topological polar surface area (TPSA) is 125 Å². The molecule has 3 rings (SSSR count). The molecule has 2 N–H and O–H groups in total. The molecule has 1 aromatic carbocycles. The van der Waals surface area contributed by atoms with Crippen LogP contribution in [0.25, 0.3) is 0 Å². The fourth-order valence-corrected chi connectivity index (χ4v) is 5.27. The smallest absolute Gasteiger partial charge is 0.410 e. The molecule has 0 aromatic heterocycles. The van der Waals surface area contributed by atoms with Gasteiger partial charge >= 0.3 is 6.09 Å². The maximum atomic E-state index is 13.2. The maximum Gasteiger partial charge on any atom is 0.410 e. The van der Waals surface area contributed by atoms with Crippen LogP contribution in [-0.4, -0.2) is 66.3 Å². The standard InChI is InChI=1S/C23H32N4O6S/c1-16-7-9-18(10-8-16)34(31,32)27-13-11-24-21(29)19(27)14-20(28)25-17-6-5-12-26(15-17)22(30)33-23(2,3)4/h7-11,13,17,19H,5-6,12,14-15H2,1-4H3,(H,24,29)(H,25,28)/t17-,19+/m0/s1. The van der Waals surface area contributed by atoms with E-state index in [1.807, 2.05) is 6.92 Å². The van der Waals surface area contributed by atoms with Crippen LogP contribution in [-0.2, 0) is 24.3 Å². The van der Waals surface area contributed by atoms with Crippen molar-refractivity contribution >= 4 is 27.9 Å². The second-order valence-corrected chi connectivity index (χ2v) is 11.4. The van der Waals surface area contributed by atoms with Crippen LogP contribution in [0, 0.1) is 6.92 Å². The minimum absolute atomic E-state index is 0.0307. The number of amides is 3. The van der Waals surface area contributed by atoms with E-state index in [0.29, 0.717) is 19.4 Å². The average molecular weight is 493 g/mol. The van der Waals surface area contributed by atoms with E-state index < -0.39 is 39.6 Å². The molecule has 2 heterocycles. The van der Waals surface area contributed by atoms with Crippen LogP contribution in [0.3, 0.4) is 0 Å². The van der Waals surface area contributed by atoms with Crippen molar-refractivity contribution in [3.05, 3.63) is 42.2 Å². The highest BCUT2D eigenvalue weighted by Gasteiger charge is 2.37. The summed E-state index contributed by atoms with van der Waals surface area (Å²) in [5.74, 6) is -1.07. The number of hydrogen-bond acceptors (Lipinski definition) is 6. The quantitative estimate of drug-likeness (QED) is 0.646. The van der Waals surface area contributed by atoms with E-state index in [2.05, 4.69) is 10.6 Å². The number of aryl methyl sites for hydroxylation is 1.